The van der Waals surface area contributed by atoms with Crippen molar-refractivity contribution < 1.29 is 42.7 Å². The second-order valence-corrected chi connectivity index (χ2v) is 38.6. The molecule has 26 heteroatoms. The number of halogens is 2. The van der Waals surface area contributed by atoms with Crippen molar-refractivity contribution in [2.45, 2.75) is 88.5 Å². The lowest BCUT2D eigenvalue weighted by atomic mass is 9.99. The van der Waals surface area contributed by atoms with Gasteiger partial charge in [0.05, 0.1) is 49.4 Å². The number of Topliss-reactive ketones (excluding diaryl/α,β-unsaturated/α-hetero) is 3. The number of ketones is 3. The minimum absolute atomic E-state index is 0.0247. The summed E-state index contributed by atoms with van der Waals surface area (Å²) in [4.78, 5) is 97.3. The molecule has 0 aliphatic carbocycles. The van der Waals surface area contributed by atoms with Gasteiger partial charge < -0.3 is 31.7 Å². The van der Waals surface area contributed by atoms with E-state index in [1.807, 2.05) is 117 Å². The van der Waals surface area contributed by atoms with Gasteiger partial charge >= 0.3 is 0 Å². The minimum Gasteiger partial charge on any atom is -0.399 e. The van der Waals surface area contributed by atoms with Crippen molar-refractivity contribution in [3.05, 3.63) is 343 Å². The number of carbonyl (C=O) groups is 7. The van der Waals surface area contributed by atoms with Crippen molar-refractivity contribution in [3.63, 3.8) is 0 Å². The Bertz CT molecular complexity index is 6040. The van der Waals surface area contributed by atoms with Crippen LogP contribution in [-0.4, -0.2) is 96.6 Å². The van der Waals surface area contributed by atoms with Gasteiger partial charge in [-0.1, -0.05) is 164 Å². The molecule has 650 valence electrons. The van der Waals surface area contributed by atoms with E-state index in [-0.39, 0.29) is 46.8 Å². The van der Waals surface area contributed by atoms with E-state index in [0.717, 1.165) is 122 Å². The number of nitrogens with two attached hydrogens (primary N) is 1. The number of methoxy groups -OCH3 is 1. The van der Waals surface area contributed by atoms with Gasteiger partial charge in [0.2, 0.25) is 0 Å². The molecule has 9 heterocycles. The smallest absolute Gasteiger partial charge is 0.261 e. The maximum Gasteiger partial charge on any atom is 0.261 e. The number of rotatable bonds is 22. The van der Waals surface area contributed by atoms with Crippen molar-refractivity contribution in [1.82, 2.24) is 36.4 Å². The molecule has 0 unspecified atom stereocenters. The number of nitrogens with one attached hydrogen (secondary N) is 5. The molecule has 126 heavy (non-hydrogen) atoms. The van der Waals surface area contributed by atoms with Crippen LogP contribution in [0.15, 0.2) is 265 Å². The molecule has 0 bridgehead atoms. The molecule has 4 amide bonds. The molecule has 7 N–H and O–H groups in total. The number of anilines is 1. The quantitative estimate of drug-likeness (QED) is 0.0212. The van der Waals surface area contributed by atoms with E-state index in [1.165, 1.54) is 141 Å². The van der Waals surface area contributed by atoms with E-state index in [9.17, 15) is 38.0 Å². The van der Waals surface area contributed by atoms with E-state index in [2.05, 4.69) is 208 Å². The first-order valence-electron chi connectivity index (χ1n) is 40.3. The molecule has 16 aromatic rings. The van der Waals surface area contributed by atoms with Crippen LogP contribution in [0, 0.1) is 40.4 Å². The van der Waals surface area contributed by atoms with Crippen LogP contribution in [-0.2, 0) is 11.2 Å². The number of hydrogen-bond donors (Lipinski definition) is 6. The van der Waals surface area contributed by atoms with Gasteiger partial charge in [-0.3, -0.25) is 38.7 Å². The van der Waals surface area contributed by atoms with Gasteiger partial charge in [-0.25, -0.2) is 9.37 Å². The van der Waals surface area contributed by atoms with E-state index < -0.39 is 0 Å². The van der Waals surface area contributed by atoms with Gasteiger partial charge in [0.1, 0.15) is 12.1 Å². The third kappa shape index (κ3) is 31.0. The van der Waals surface area contributed by atoms with Crippen LogP contribution in [0.25, 0.3) is 73.0 Å². The highest BCUT2D eigenvalue weighted by Crippen LogP contribution is 2.36. The number of fused-ring (bicyclic) bond motifs is 1. The molecule has 0 saturated carbocycles. The zero-order chi connectivity index (χ0) is 90.6. The molecule has 0 radical (unpaired) electrons. The van der Waals surface area contributed by atoms with Gasteiger partial charge in [0.25, 0.3) is 23.6 Å². The number of aromatic nitrogens is 3. The monoisotopic (exact) mass is 1890 g/mol. The van der Waals surface area contributed by atoms with Crippen LogP contribution >= 0.6 is 107 Å². The number of thiophene rings is 8. The molecule has 0 spiro atoms. The number of nitrogen functional groups attached to an aromatic ring is 1. The van der Waals surface area contributed by atoms with Gasteiger partial charge in [0.15, 0.2) is 23.2 Å². The molecule has 0 aliphatic rings. The largest absolute Gasteiger partial charge is 0.399 e. The average molecular weight is 1900 g/mol. The third-order valence-corrected chi connectivity index (χ3v) is 28.3. The fourth-order valence-corrected chi connectivity index (χ4v) is 19.4. The molecule has 0 atom stereocenters. The Balaban J connectivity index is 0.000000164. The molecule has 0 saturated heterocycles. The Kier molecular flexibility index (Phi) is 39.6. The lowest BCUT2D eigenvalue weighted by molar-refractivity contribution is 0.0936. The molecule has 9 aromatic heterocycles. The summed E-state index contributed by atoms with van der Waals surface area (Å²) in [6.07, 6.45) is 4.33. The summed E-state index contributed by atoms with van der Waals surface area (Å²) in [6.45, 7) is 21.8. The Hall–Kier alpha value is -11.4. The topological polar surface area (TPSA) is 244 Å². The van der Waals surface area contributed by atoms with Crippen LogP contribution in [0.1, 0.15) is 153 Å². The summed E-state index contributed by atoms with van der Waals surface area (Å²) in [6, 6.07) is 82.7. The zero-order valence-corrected chi connectivity index (χ0v) is 80.2. The first-order chi connectivity index (χ1) is 60.7. The predicted molar refractivity (Wildman–Crippen MR) is 532 cm³/mol. The fourth-order valence-electron chi connectivity index (χ4n) is 11.6. The van der Waals surface area contributed by atoms with Crippen LogP contribution in [0.3, 0.4) is 0 Å². The minimum atomic E-state index is -0.254. The van der Waals surface area contributed by atoms with Crippen molar-refractivity contribution in [1.29, 1.82) is 0 Å². The van der Waals surface area contributed by atoms with E-state index in [4.69, 9.17) is 10.5 Å². The number of H-pyrrole nitrogens is 1. The second kappa shape index (κ2) is 50.7. The predicted octanol–water partition coefficient (Wildman–Crippen LogP) is 26.5. The molecule has 7 aromatic carbocycles. The highest BCUT2D eigenvalue weighted by molar-refractivity contribution is 9.11. The van der Waals surface area contributed by atoms with Crippen molar-refractivity contribution in [2.24, 2.45) is 0 Å². The molecule has 16 nitrogen and oxygen atoms in total. The number of aryl methyl sites for hydroxylation is 5. The maximum atomic E-state index is 12.8. The number of ether oxygens (including phenoxy) is 1. The van der Waals surface area contributed by atoms with Crippen LogP contribution < -0.4 is 27.0 Å². The SMILES string of the molecule is CC(=O)c1cc2cc(N)ccc2s1.CC(=O)c1ccc(Br)s1.CC(=O)c1ccc(Cc2c(C)cccc2C)s1.CCCNC(=O)c1ccc(-c2ccc(C)cc2)s1.CCCNC(=O)c1ccc(-c2ccc(F)cc2)s1.CNC(=O)c1ccc(-c2ccc(C)cc2)s1.COCCNC(=O)c1ccc(-c2ccc(C)cc2)s1.c1ccc(-c2ccc(-c3ncn[nH]3)s2)cc1. The molecular weight excluding hydrogens is 1800 g/mol. The summed E-state index contributed by atoms with van der Waals surface area (Å²) in [5.74, 6) is 0.885. The number of nitrogens with zero attached hydrogens (tertiary/aromatic N) is 2. The van der Waals surface area contributed by atoms with Crippen molar-refractivity contribution in [3.8, 4) is 62.9 Å². The summed E-state index contributed by atoms with van der Waals surface area (Å²) in [7, 11) is 3.26. The Labute approximate surface area is 776 Å². The van der Waals surface area contributed by atoms with Crippen LogP contribution in [0.2, 0.25) is 0 Å². The Morgan fingerprint density at radius 2 is 0.833 bits per heavy atom. The number of hydrogen-bond acceptors (Lipinski definition) is 19. The second-order valence-electron chi connectivity index (χ2n) is 28.5. The summed E-state index contributed by atoms with van der Waals surface area (Å²) in [5.41, 5.74) is 19.7. The van der Waals surface area contributed by atoms with Gasteiger partial charge in [-0.15, -0.1) is 90.7 Å². The highest BCUT2D eigenvalue weighted by Gasteiger charge is 2.16. The lowest BCUT2D eigenvalue weighted by Gasteiger charge is -2.07. The van der Waals surface area contributed by atoms with Gasteiger partial charge in [-0.05, 0) is 255 Å². The maximum absolute atomic E-state index is 12.8. The number of carbonyl (C=O) groups excluding carboxylic acids is 7. The fraction of sp³-hybridized carbons (Fsp3) is 0.190. The highest BCUT2D eigenvalue weighted by atomic mass is 79.9. The number of benzene rings is 7. The molecule has 16 rings (SSSR count). The van der Waals surface area contributed by atoms with Gasteiger partial charge in [0, 0.05) is 79.9 Å². The van der Waals surface area contributed by atoms with Crippen molar-refractivity contribution in [2.75, 3.05) is 46.1 Å². The lowest BCUT2D eigenvalue weighted by Crippen LogP contribution is -2.26. The summed E-state index contributed by atoms with van der Waals surface area (Å²) in [5, 5.41) is 18.9. The van der Waals surface area contributed by atoms with Gasteiger partial charge in [-0.2, -0.15) is 5.10 Å². The first-order valence-corrected chi connectivity index (χ1v) is 47.7. The van der Waals surface area contributed by atoms with E-state index in [0.29, 0.717) is 24.6 Å². The zero-order valence-electron chi connectivity index (χ0n) is 72.0. The Morgan fingerprint density at radius 3 is 1.25 bits per heavy atom. The summed E-state index contributed by atoms with van der Waals surface area (Å²) >= 11 is 15.5. The number of amides is 4. The first kappa shape index (κ1) is 98.4. The third-order valence-electron chi connectivity index (χ3n) is 18.5. The summed E-state index contributed by atoms with van der Waals surface area (Å²) < 4.78 is 19.8. The number of aromatic amines is 1. The average Bonchev–Trinajstić information content (AvgIpc) is 1.68. The standard InChI is InChI=1S/C15H17NO2S.C15H17NOS.C15H16OS.C14H14FNOS.C13H13NOS.C12H9N3S.C10H9NOS.C6H5BrOS/c1-11-3-5-12(6-4-11)13-7-8-14(19-13)15(17)16-9-10-18-2;1-3-10-16-15(17)14-9-8-13(18-14)12-6-4-11(2)5-7-12;1-10-5-4-6-11(2)14(10)9-13-7-8-15(17-13)12(3)16;1-2-9-16-14(17)13-8-7-12(18-13)10-3-5-11(15)6-4-10;1-9-3-5-10(6-4-9)11-7-8-12(16-11)13(15)14-2;1-2-4-9(5-3-1)10-6-7-11(16-10)12-13-8-14-15-12;1-6(12)10-5-7-4-8(11)2-3-9(7)13-10;1-4(8)5-2-3-6(7)9-5/h3-8H,9-10H2,1-2H3,(H,16,17);4-9H,3,10H2,1-2H3,(H,16,17);4-8H,9H2,1-3H3;3-8H,2,9H2,1H3,(H,16,17);3-8H,1-2H3,(H,14,15);1-8H,(H,13,14,15);2-5H,11H2,1H3;2-3H,1H3. The van der Waals surface area contributed by atoms with E-state index in [1.54, 1.807) is 75.8 Å². The Morgan fingerprint density at radius 1 is 0.421 bits per heavy atom. The van der Waals surface area contributed by atoms with Crippen LogP contribution in [0.5, 0.6) is 0 Å². The van der Waals surface area contributed by atoms with E-state index >= 15 is 0 Å². The normalized spacial score (nSPS) is 10.3. The van der Waals surface area contributed by atoms with Crippen molar-refractivity contribution >= 4 is 163 Å². The molecular formula is C100H100BrFN8O8S8. The van der Waals surface area contributed by atoms with Crippen LogP contribution in [0.4, 0.5) is 10.1 Å². The molecule has 0 aliphatic heterocycles. The molecule has 0 fully saturated rings.